The van der Waals surface area contributed by atoms with Crippen LogP contribution in [0.15, 0.2) is 54.8 Å². The molecule has 0 radical (unpaired) electrons. The molecule has 130 valence electrons. The summed E-state index contributed by atoms with van der Waals surface area (Å²) in [6.07, 6.45) is 9.62. The molecule has 0 saturated heterocycles. The number of benzene rings is 1. The van der Waals surface area contributed by atoms with Gasteiger partial charge in [-0.3, -0.25) is 9.78 Å². The number of aryl methyl sites for hydroxylation is 1. The molecule has 1 aromatic heterocycles. The third-order valence-electron chi connectivity index (χ3n) is 3.71. The molecule has 1 N–H and O–H groups in total. The number of nitrogens with zero attached hydrogens (tertiary/aromatic N) is 1. The van der Waals surface area contributed by atoms with E-state index < -0.39 is 0 Å². The number of rotatable bonds is 6. The van der Waals surface area contributed by atoms with Gasteiger partial charge in [-0.25, -0.2) is 4.39 Å². The van der Waals surface area contributed by atoms with Gasteiger partial charge in [0.2, 0.25) is 0 Å². The molecule has 2 rings (SSSR count). The van der Waals surface area contributed by atoms with Crippen molar-refractivity contribution in [2.75, 3.05) is 5.32 Å². The number of nitrogens with one attached hydrogen (secondary N) is 1. The molecule has 0 bridgehead atoms. The van der Waals surface area contributed by atoms with E-state index in [-0.39, 0.29) is 11.7 Å². The Morgan fingerprint density at radius 1 is 1.20 bits per heavy atom. The molecule has 1 aromatic carbocycles. The Kier molecular flexibility index (Phi) is 6.63. The minimum atomic E-state index is -0.344. The van der Waals surface area contributed by atoms with Gasteiger partial charge in [-0.05, 0) is 55.2 Å². The number of carbonyl (C=O) groups excluding carboxylic acids is 1. The van der Waals surface area contributed by atoms with Crippen LogP contribution >= 0.6 is 0 Å². The predicted octanol–water partition coefficient (Wildman–Crippen LogP) is 5.54. The lowest BCUT2D eigenvalue weighted by molar-refractivity contribution is 0.102. The van der Waals surface area contributed by atoms with Gasteiger partial charge in [-0.1, -0.05) is 38.1 Å². The predicted molar refractivity (Wildman–Crippen MR) is 101 cm³/mol. The highest BCUT2D eigenvalue weighted by atomic mass is 19.1. The number of hydrogen-bond donors (Lipinski definition) is 1. The SMILES string of the molecule is CC/C=C\C(=C/CC)c1ccc(C(=O)Nc2ccc(C)c(F)c2)cn1. The zero-order valence-corrected chi connectivity index (χ0v) is 14.8. The summed E-state index contributed by atoms with van der Waals surface area (Å²) in [6.45, 7) is 5.83. The van der Waals surface area contributed by atoms with E-state index in [9.17, 15) is 9.18 Å². The molecular weight excluding hydrogens is 315 g/mol. The molecule has 0 fully saturated rings. The fourth-order valence-corrected chi connectivity index (χ4v) is 2.30. The molecule has 0 aliphatic rings. The first kappa shape index (κ1) is 18.6. The van der Waals surface area contributed by atoms with E-state index in [1.165, 1.54) is 6.07 Å². The van der Waals surface area contributed by atoms with Gasteiger partial charge in [0.05, 0.1) is 11.3 Å². The van der Waals surface area contributed by atoms with Crippen LogP contribution in [0.3, 0.4) is 0 Å². The van der Waals surface area contributed by atoms with Crippen molar-refractivity contribution in [1.82, 2.24) is 4.98 Å². The number of pyridine rings is 1. The Balaban J connectivity index is 2.15. The molecule has 2 aromatic rings. The van der Waals surface area contributed by atoms with Crippen LogP contribution in [0.2, 0.25) is 0 Å². The van der Waals surface area contributed by atoms with Gasteiger partial charge in [0, 0.05) is 11.9 Å². The molecule has 1 amide bonds. The highest BCUT2D eigenvalue weighted by Crippen LogP contribution is 2.17. The summed E-state index contributed by atoms with van der Waals surface area (Å²) in [4.78, 5) is 16.7. The van der Waals surface area contributed by atoms with E-state index in [0.717, 1.165) is 24.1 Å². The van der Waals surface area contributed by atoms with Crippen molar-refractivity contribution in [2.24, 2.45) is 0 Å². The van der Waals surface area contributed by atoms with E-state index >= 15 is 0 Å². The lowest BCUT2D eigenvalue weighted by Gasteiger charge is -2.07. The second-order valence-electron chi connectivity index (χ2n) is 5.73. The summed E-state index contributed by atoms with van der Waals surface area (Å²) in [6, 6.07) is 8.17. The van der Waals surface area contributed by atoms with Gasteiger partial charge < -0.3 is 5.32 Å². The Bertz CT molecular complexity index is 792. The number of amides is 1. The normalized spacial score (nSPS) is 11.8. The van der Waals surface area contributed by atoms with E-state index in [2.05, 4.69) is 36.3 Å². The number of carbonyl (C=O) groups is 1. The number of allylic oxidation sites excluding steroid dienone is 4. The van der Waals surface area contributed by atoms with Crippen molar-refractivity contribution in [1.29, 1.82) is 0 Å². The number of anilines is 1. The van der Waals surface area contributed by atoms with Crippen LogP contribution in [0, 0.1) is 12.7 Å². The smallest absolute Gasteiger partial charge is 0.257 e. The van der Waals surface area contributed by atoms with Crippen molar-refractivity contribution in [3.05, 3.63) is 77.4 Å². The highest BCUT2D eigenvalue weighted by molar-refractivity contribution is 6.04. The first-order chi connectivity index (χ1) is 12.0. The third-order valence-corrected chi connectivity index (χ3v) is 3.71. The molecular formula is C21H23FN2O. The van der Waals surface area contributed by atoms with E-state index in [1.54, 1.807) is 31.3 Å². The van der Waals surface area contributed by atoms with Crippen molar-refractivity contribution >= 4 is 17.2 Å². The molecule has 0 atom stereocenters. The van der Waals surface area contributed by atoms with Crippen LogP contribution in [0.4, 0.5) is 10.1 Å². The van der Waals surface area contributed by atoms with Crippen LogP contribution in [0.1, 0.15) is 48.3 Å². The number of halogens is 1. The minimum absolute atomic E-state index is 0.313. The maximum Gasteiger partial charge on any atom is 0.257 e. The van der Waals surface area contributed by atoms with Gasteiger partial charge >= 0.3 is 0 Å². The van der Waals surface area contributed by atoms with Crippen molar-refractivity contribution in [3.63, 3.8) is 0 Å². The minimum Gasteiger partial charge on any atom is -0.322 e. The molecule has 25 heavy (non-hydrogen) atoms. The molecule has 0 aliphatic carbocycles. The Hall–Kier alpha value is -2.75. The summed E-state index contributed by atoms with van der Waals surface area (Å²) < 4.78 is 13.6. The van der Waals surface area contributed by atoms with Gasteiger partial charge in [0.15, 0.2) is 0 Å². The monoisotopic (exact) mass is 338 g/mol. The quantitative estimate of drug-likeness (QED) is 0.703. The van der Waals surface area contributed by atoms with Crippen LogP contribution in [0.5, 0.6) is 0 Å². The van der Waals surface area contributed by atoms with E-state index in [1.807, 2.05) is 12.1 Å². The Morgan fingerprint density at radius 2 is 2.00 bits per heavy atom. The maximum atomic E-state index is 13.6. The average molecular weight is 338 g/mol. The topological polar surface area (TPSA) is 42.0 Å². The van der Waals surface area contributed by atoms with Crippen molar-refractivity contribution < 1.29 is 9.18 Å². The van der Waals surface area contributed by atoms with Crippen LogP contribution in [0.25, 0.3) is 5.57 Å². The molecule has 1 heterocycles. The molecule has 4 heteroatoms. The van der Waals surface area contributed by atoms with Crippen LogP contribution < -0.4 is 5.32 Å². The molecule has 0 saturated carbocycles. The standard InChI is InChI=1S/C21H23FN2O/c1-4-6-8-16(7-5-2)20-12-10-17(14-23-20)21(25)24-18-11-9-15(3)19(22)13-18/h6-14H,4-5H2,1-3H3,(H,24,25)/b8-6-,16-7+. The second kappa shape index (κ2) is 8.92. The van der Waals surface area contributed by atoms with Crippen molar-refractivity contribution in [3.8, 4) is 0 Å². The lowest BCUT2D eigenvalue weighted by atomic mass is 10.1. The van der Waals surface area contributed by atoms with Crippen LogP contribution in [-0.2, 0) is 0 Å². The second-order valence-corrected chi connectivity index (χ2v) is 5.73. The van der Waals surface area contributed by atoms with Crippen LogP contribution in [-0.4, -0.2) is 10.9 Å². The summed E-state index contributed by atoms with van der Waals surface area (Å²) in [7, 11) is 0. The summed E-state index contributed by atoms with van der Waals surface area (Å²) >= 11 is 0. The summed E-state index contributed by atoms with van der Waals surface area (Å²) in [5, 5.41) is 2.69. The summed E-state index contributed by atoms with van der Waals surface area (Å²) in [5.41, 5.74) is 3.26. The average Bonchev–Trinajstić information content (AvgIpc) is 2.62. The third kappa shape index (κ3) is 5.11. The maximum absolute atomic E-state index is 13.6. The van der Waals surface area contributed by atoms with Gasteiger partial charge in [-0.15, -0.1) is 0 Å². The molecule has 3 nitrogen and oxygen atoms in total. The zero-order valence-electron chi connectivity index (χ0n) is 14.8. The Morgan fingerprint density at radius 3 is 2.60 bits per heavy atom. The molecule has 0 aliphatic heterocycles. The van der Waals surface area contributed by atoms with Gasteiger partial charge in [0.1, 0.15) is 5.82 Å². The van der Waals surface area contributed by atoms with Gasteiger partial charge in [0.25, 0.3) is 5.91 Å². The number of aromatic nitrogens is 1. The Labute approximate surface area is 148 Å². The van der Waals surface area contributed by atoms with Crippen molar-refractivity contribution in [2.45, 2.75) is 33.6 Å². The lowest BCUT2D eigenvalue weighted by Crippen LogP contribution is -2.12. The van der Waals surface area contributed by atoms with Gasteiger partial charge in [-0.2, -0.15) is 0 Å². The largest absolute Gasteiger partial charge is 0.322 e. The number of hydrogen-bond acceptors (Lipinski definition) is 2. The highest BCUT2D eigenvalue weighted by Gasteiger charge is 2.09. The first-order valence-electron chi connectivity index (χ1n) is 8.45. The zero-order chi connectivity index (χ0) is 18.2. The fraction of sp³-hybridized carbons (Fsp3) is 0.238. The van der Waals surface area contributed by atoms with E-state index in [4.69, 9.17) is 0 Å². The first-order valence-corrected chi connectivity index (χ1v) is 8.45. The summed E-state index contributed by atoms with van der Waals surface area (Å²) in [5.74, 6) is -0.657. The van der Waals surface area contributed by atoms with E-state index in [0.29, 0.717) is 16.8 Å². The molecule has 0 spiro atoms. The molecule has 0 unspecified atom stereocenters. The fourth-order valence-electron chi connectivity index (χ4n) is 2.30.